The summed E-state index contributed by atoms with van der Waals surface area (Å²) in [5.41, 5.74) is -0.976. The molecule has 0 unspecified atom stereocenters. The molecule has 0 saturated carbocycles. The van der Waals surface area contributed by atoms with E-state index in [9.17, 15) is 9.59 Å². The van der Waals surface area contributed by atoms with Crippen LogP contribution >= 0.6 is 22.6 Å². The van der Waals surface area contributed by atoms with Crippen LogP contribution in [0, 0.1) is 3.57 Å². The van der Waals surface area contributed by atoms with Gasteiger partial charge in [0.1, 0.15) is 0 Å². The van der Waals surface area contributed by atoms with Crippen molar-refractivity contribution in [2.75, 3.05) is 0 Å². The maximum Gasteiger partial charge on any atom is 0.184 e. The van der Waals surface area contributed by atoms with Crippen LogP contribution in [0.25, 0.3) is 0 Å². The molecule has 1 N–H and O–H groups in total. The summed E-state index contributed by atoms with van der Waals surface area (Å²) in [6, 6.07) is 0. The quantitative estimate of drug-likeness (QED) is 0.476. The summed E-state index contributed by atoms with van der Waals surface area (Å²) >= 11 is 1.80. The van der Waals surface area contributed by atoms with Gasteiger partial charge in [-0.1, -0.05) is 6.20 Å². The normalized spacial score (nSPS) is 8.50. The maximum atomic E-state index is 10.5. The van der Waals surface area contributed by atoms with Crippen LogP contribution in [0.5, 0.6) is 0 Å². The Labute approximate surface area is 63.5 Å². The molecule has 1 heterocycles. The van der Waals surface area contributed by atoms with Gasteiger partial charge in [0, 0.05) is 0 Å². The van der Waals surface area contributed by atoms with Crippen LogP contribution in [0.4, 0.5) is 0 Å². The van der Waals surface area contributed by atoms with Crippen molar-refractivity contribution < 1.29 is 0 Å². The minimum atomic E-state index is -0.597. The van der Waals surface area contributed by atoms with E-state index in [1.807, 2.05) is 4.98 Å². The van der Waals surface area contributed by atoms with E-state index in [1.54, 1.807) is 22.6 Å². The molecule has 6 heteroatoms. The van der Waals surface area contributed by atoms with Gasteiger partial charge in [0.05, 0.1) is 3.57 Å². The average molecular weight is 504 g/mol. The van der Waals surface area contributed by atoms with E-state index in [4.69, 9.17) is 0 Å². The molecule has 10 heavy (non-hydrogen) atoms. The van der Waals surface area contributed by atoms with Crippen molar-refractivity contribution >= 4 is 22.6 Å². The predicted molar refractivity (Wildman–Crippen MR) is 39.4 cm³/mol. The Bertz CT molecular complexity index is 318. The first kappa shape index (κ1) is 8.41. The van der Waals surface area contributed by atoms with E-state index in [1.165, 1.54) is 6.20 Å². The molecule has 4 nitrogen and oxygen atoms in total. The molecule has 0 aliphatic carbocycles. The number of nitrogens with one attached hydrogen (secondary N) is 1. The van der Waals surface area contributed by atoms with Crippen LogP contribution in [-0.2, 0) is 0 Å². The van der Waals surface area contributed by atoms with Crippen LogP contribution in [0.2, 0.25) is 0 Å². The summed E-state index contributed by atoms with van der Waals surface area (Å²) in [7, 11) is 0. The van der Waals surface area contributed by atoms with E-state index in [2.05, 4.69) is 4.98 Å². The number of hydrogen-bond donors (Lipinski definition) is 1. The van der Waals surface area contributed by atoms with Gasteiger partial charge in [-0.3, -0.25) is 9.59 Å². The predicted octanol–water partition coefficient (Wildman–Crippen LogP) is -0.703. The zero-order valence-electron chi connectivity index (χ0n) is 4.93. The molecule has 1 rings (SSSR count). The molecule has 0 aliphatic rings. The summed E-state index contributed by atoms with van der Waals surface area (Å²) in [6.45, 7) is 0. The first-order valence-corrected chi connectivity index (χ1v) is 3.20. The zero-order chi connectivity index (χ0) is 6.85. The molecule has 1 aromatic heterocycles. The van der Waals surface area contributed by atoms with Gasteiger partial charge < -0.3 is 9.97 Å². The fourth-order valence-electron chi connectivity index (χ4n) is 0.363. The molecule has 0 bridgehead atoms. The van der Waals surface area contributed by atoms with Crippen molar-refractivity contribution in [3.8, 4) is 0 Å². The number of nitrogens with zero attached hydrogens (tertiary/aromatic N) is 1. The third kappa shape index (κ3) is 1.44. The summed E-state index contributed by atoms with van der Waals surface area (Å²) in [5.74, 6) is 0. The first-order valence-electron chi connectivity index (χ1n) is 2.12. The van der Waals surface area contributed by atoms with Crippen LogP contribution in [0.15, 0.2) is 15.8 Å². The van der Waals surface area contributed by atoms with Crippen LogP contribution in [0.3, 0.4) is 0 Å². The van der Waals surface area contributed by atoms with Crippen LogP contribution < -0.4 is 16.2 Å². The summed E-state index contributed by atoms with van der Waals surface area (Å²) < 4.78 is 0.423. The van der Waals surface area contributed by atoms with Gasteiger partial charge in [0.2, 0.25) is 0 Å². The molecule has 0 saturated heterocycles. The Morgan fingerprint density at radius 1 is 1.50 bits per heavy atom. The Morgan fingerprint density at radius 3 is 2.50 bits per heavy atom. The second-order valence-electron chi connectivity index (χ2n) is 1.37. The number of rotatable bonds is 0. The molecular formula is C4H2IN2O2Rf-. The number of halogens is 1. The molecule has 1 aromatic rings. The van der Waals surface area contributed by atoms with Crippen molar-refractivity contribution in [1.82, 2.24) is 9.97 Å². The van der Waals surface area contributed by atoms with Gasteiger partial charge in [-0.05, 0) is 22.6 Å². The van der Waals surface area contributed by atoms with Gasteiger partial charge in [0.15, 0.2) is 11.2 Å². The van der Waals surface area contributed by atoms with E-state index < -0.39 is 5.69 Å². The fourth-order valence-corrected chi connectivity index (χ4v) is 0.637. The third-order valence-electron chi connectivity index (χ3n) is 0.733. The SMILES string of the molecule is O=c1[n-]cc(I)c(=O)[nH]1.[Rf]. The number of aromatic amines is 1. The number of aromatic nitrogens is 2. The molecular weight excluding hydrogens is 502 g/mol. The molecule has 50 valence electrons. The minimum Gasteiger partial charge on any atom is -0.406 e. The molecule has 0 amide bonds. The summed E-state index contributed by atoms with van der Waals surface area (Å²) in [5, 5.41) is 0. The monoisotopic (exact) mass is 504 g/mol. The van der Waals surface area contributed by atoms with Crippen molar-refractivity contribution in [2.45, 2.75) is 0 Å². The van der Waals surface area contributed by atoms with Gasteiger partial charge in [-0.15, -0.1) is 0 Å². The topological polar surface area (TPSA) is 64.0 Å². The third-order valence-corrected chi connectivity index (χ3v) is 1.50. The van der Waals surface area contributed by atoms with Gasteiger partial charge in [0.25, 0.3) is 0 Å². The first-order chi connectivity index (χ1) is 4.20. The van der Waals surface area contributed by atoms with Crippen molar-refractivity contribution in [1.29, 1.82) is 0 Å². The van der Waals surface area contributed by atoms with Gasteiger partial charge in [-0.2, -0.15) is 0 Å². The standard InChI is InChI=1S/C4H3IN2O2.Rf/c5-2-1-6-4(9)7-3(2)8;/h1H,(H2,6,7,8,9);/p-1. The van der Waals surface area contributed by atoms with Gasteiger partial charge in [-0.25, -0.2) is 0 Å². The number of H-pyrrole nitrogens is 1. The summed E-state index contributed by atoms with van der Waals surface area (Å²) in [6.07, 6.45) is 1.24. The van der Waals surface area contributed by atoms with Crippen molar-refractivity contribution in [2.24, 2.45) is 0 Å². The van der Waals surface area contributed by atoms with E-state index in [-0.39, 0.29) is 5.56 Å². The largest absolute Gasteiger partial charge is 0.406 e. The smallest absolute Gasteiger partial charge is 0.184 e. The minimum absolute atomic E-state index is 0. The molecule has 0 aliphatic heterocycles. The zero-order valence-corrected chi connectivity index (χ0v) is 13.5. The van der Waals surface area contributed by atoms with Crippen LogP contribution in [0.1, 0.15) is 0 Å². The second kappa shape index (κ2) is 2.81. The molecule has 0 spiro atoms. The Kier molecular flexibility index (Phi) is 2.36. The number of hydrogen-bond acceptors (Lipinski definition) is 2. The molecule has 0 radical (unpaired) electrons. The Balaban J connectivity index is 0.000000810. The summed E-state index contributed by atoms with van der Waals surface area (Å²) in [4.78, 5) is 26.1. The molecule has 0 fully saturated rings. The van der Waals surface area contributed by atoms with Gasteiger partial charge >= 0.3 is 0 Å². The fraction of sp³-hybridized carbons (Fsp3) is 0. The van der Waals surface area contributed by atoms with Crippen molar-refractivity contribution in [3.05, 3.63) is 30.6 Å². The van der Waals surface area contributed by atoms with Crippen molar-refractivity contribution in [3.63, 3.8) is 0 Å². The molecule has 0 aromatic carbocycles. The van der Waals surface area contributed by atoms with Crippen LogP contribution in [-0.4, -0.2) is 4.98 Å². The molecule has 0 atom stereocenters. The van der Waals surface area contributed by atoms with E-state index in [0.717, 1.165) is 0 Å². The Hall–Kier alpha value is -1.59. The Morgan fingerprint density at radius 2 is 2.10 bits per heavy atom. The van der Waals surface area contributed by atoms with E-state index >= 15 is 0 Å². The second-order valence-corrected chi connectivity index (χ2v) is 2.53. The average Bonchev–Trinajstić information content (AvgIpc) is 1.80. The van der Waals surface area contributed by atoms with E-state index in [0.29, 0.717) is 3.57 Å². The maximum absolute atomic E-state index is 10.5.